The Kier molecular flexibility index (Phi) is 43.4. The molecule has 2 N–H and O–H groups in total. The lowest BCUT2D eigenvalue weighted by Crippen LogP contribution is -2.30. The van der Waals surface area contributed by atoms with E-state index in [-0.39, 0.29) is 11.8 Å². The van der Waals surface area contributed by atoms with Gasteiger partial charge in [0, 0.05) is 56.4 Å². The Morgan fingerprint density at radius 1 is 0.610 bits per heavy atom. The number of nitrogens with two attached hydrogens (primary N) is 1. The van der Waals surface area contributed by atoms with Crippen molar-refractivity contribution >= 4 is 23.4 Å². The van der Waals surface area contributed by atoms with Crippen LogP contribution in [-0.4, -0.2) is 73.7 Å². The molecular formula is C53H102N4OS. The summed E-state index contributed by atoms with van der Waals surface area (Å²) in [6.45, 7) is 14.2. The van der Waals surface area contributed by atoms with E-state index in [1.807, 2.05) is 17.8 Å². The number of likely N-dealkylation sites (N-methyl/N-ethyl adjacent to an activating group) is 2. The number of hydrogen-bond donors (Lipinski definition) is 1. The molecule has 5 nitrogen and oxygen atoms in total. The number of thioether (sulfide) groups is 1. The van der Waals surface area contributed by atoms with Gasteiger partial charge < -0.3 is 15.5 Å². The smallest absolute Gasteiger partial charge is 0.158 e. The summed E-state index contributed by atoms with van der Waals surface area (Å²) in [4.78, 5) is 23.0. The highest BCUT2D eigenvalue weighted by Crippen LogP contribution is 2.25. The normalized spacial score (nSPS) is 13.3. The van der Waals surface area contributed by atoms with Crippen LogP contribution in [0.15, 0.2) is 41.6 Å². The Balaban J connectivity index is 4.77. The van der Waals surface area contributed by atoms with Gasteiger partial charge in [0.15, 0.2) is 5.78 Å². The highest BCUT2D eigenvalue weighted by Gasteiger charge is 2.18. The lowest BCUT2D eigenvalue weighted by molar-refractivity contribution is -0.118. The third-order valence-corrected chi connectivity index (χ3v) is 13.1. The van der Waals surface area contributed by atoms with E-state index in [1.54, 1.807) is 0 Å². The first kappa shape index (κ1) is 57.5. The number of ketones is 1. The number of carbonyl (C=O) groups excluding carboxylic acids is 1. The average molecular weight is 843 g/mol. The fraction of sp³-hybridized carbons (Fsp3) is 0.849. The second kappa shape index (κ2) is 44.5. The maximum atomic E-state index is 13.8. The minimum atomic E-state index is 0.159. The summed E-state index contributed by atoms with van der Waals surface area (Å²) < 4.78 is 0. The van der Waals surface area contributed by atoms with Crippen LogP contribution in [0.5, 0.6) is 0 Å². The molecule has 0 heterocycles. The topological polar surface area (TPSA) is 61.9 Å². The molecule has 0 spiro atoms. The summed E-state index contributed by atoms with van der Waals surface area (Å²) in [6, 6.07) is 0. The molecule has 0 aliphatic heterocycles. The molecule has 0 aromatic heterocycles. The van der Waals surface area contributed by atoms with Crippen molar-refractivity contribution in [2.45, 2.75) is 226 Å². The van der Waals surface area contributed by atoms with Crippen LogP contribution in [0.3, 0.4) is 0 Å². The molecular weight excluding hydrogens is 741 g/mol. The van der Waals surface area contributed by atoms with Gasteiger partial charge in [0.25, 0.3) is 0 Å². The van der Waals surface area contributed by atoms with E-state index in [1.165, 1.54) is 173 Å². The van der Waals surface area contributed by atoms with Crippen LogP contribution < -0.4 is 5.73 Å². The quantitative estimate of drug-likeness (QED) is 0.0217. The average Bonchev–Trinajstić information content (AvgIpc) is 3.22. The molecule has 0 aliphatic carbocycles. The summed E-state index contributed by atoms with van der Waals surface area (Å²) in [5, 5.41) is 0. The monoisotopic (exact) mass is 843 g/mol. The second-order valence-corrected chi connectivity index (χ2v) is 19.3. The summed E-state index contributed by atoms with van der Waals surface area (Å²) in [5.74, 6) is 3.47. The summed E-state index contributed by atoms with van der Waals surface area (Å²) in [5.41, 5.74) is 7.45. The number of carbonyl (C=O) groups is 1. The maximum Gasteiger partial charge on any atom is 0.158 e. The van der Waals surface area contributed by atoms with E-state index in [4.69, 9.17) is 10.7 Å². The van der Waals surface area contributed by atoms with Crippen LogP contribution in [0.2, 0.25) is 0 Å². The minimum absolute atomic E-state index is 0.159. The molecule has 0 rings (SSSR count). The number of amidine groups is 1. The van der Waals surface area contributed by atoms with Crippen LogP contribution >= 0.6 is 11.8 Å². The van der Waals surface area contributed by atoms with Gasteiger partial charge in [0.1, 0.15) is 0 Å². The van der Waals surface area contributed by atoms with E-state index in [0.717, 1.165) is 74.8 Å². The predicted molar refractivity (Wildman–Crippen MR) is 269 cm³/mol. The molecule has 0 saturated heterocycles. The van der Waals surface area contributed by atoms with E-state index in [9.17, 15) is 4.79 Å². The van der Waals surface area contributed by atoms with Gasteiger partial charge in [-0.3, -0.25) is 9.79 Å². The van der Waals surface area contributed by atoms with Gasteiger partial charge in [-0.05, 0) is 77.3 Å². The Labute approximate surface area is 374 Å². The minimum Gasteiger partial charge on any atom is -0.387 e. The first-order valence-electron chi connectivity index (χ1n) is 25.5. The van der Waals surface area contributed by atoms with Crippen molar-refractivity contribution in [1.82, 2.24) is 9.80 Å². The fourth-order valence-electron chi connectivity index (χ4n) is 7.77. The SMILES string of the molecule is C=C(C(/C=C/C(=O)C(CCCCCCCC)CCCCCCCCCC)CCSCCC(N)=NCCCCCCCC/C=C\CCCCCCCC)N(C)CCN(C)C. The molecule has 0 amide bonds. The Bertz CT molecular complexity index is 1020. The number of nitrogens with zero attached hydrogens (tertiary/aromatic N) is 3. The molecule has 0 saturated carbocycles. The molecule has 6 heteroatoms. The number of rotatable bonds is 46. The lowest BCUT2D eigenvalue weighted by atomic mass is 9.89. The summed E-state index contributed by atoms with van der Waals surface area (Å²) in [7, 11) is 6.39. The largest absolute Gasteiger partial charge is 0.387 e. The van der Waals surface area contributed by atoms with E-state index in [0.29, 0.717) is 5.78 Å². The number of aliphatic imine (C=N–C) groups is 1. The molecule has 0 fully saturated rings. The van der Waals surface area contributed by atoms with E-state index >= 15 is 0 Å². The van der Waals surface area contributed by atoms with E-state index in [2.05, 4.69) is 76.5 Å². The first-order chi connectivity index (χ1) is 28.8. The number of unbranched alkanes of at least 4 members (excludes halogenated alkanes) is 24. The molecule has 0 aromatic carbocycles. The number of hydrogen-bond acceptors (Lipinski definition) is 5. The molecule has 0 aromatic rings. The molecule has 2 unspecified atom stereocenters. The predicted octanol–water partition coefficient (Wildman–Crippen LogP) is 15.5. The zero-order chi connectivity index (χ0) is 43.4. The molecule has 59 heavy (non-hydrogen) atoms. The van der Waals surface area contributed by atoms with Crippen LogP contribution in [0.4, 0.5) is 0 Å². The van der Waals surface area contributed by atoms with Crippen molar-refractivity contribution in [1.29, 1.82) is 0 Å². The lowest BCUT2D eigenvalue weighted by Gasteiger charge is -2.28. The highest BCUT2D eigenvalue weighted by molar-refractivity contribution is 7.99. The maximum absolute atomic E-state index is 13.8. The van der Waals surface area contributed by atoms with Gasteiger partial charge in [-0.2, -0.15) is 11.8 Å². The van der Waals surface area contributed by atoms with Crippen LogP contribution in [0.1, 0.15) is 226 Å². The van der Waals surface area contributed by atoms with Gasteiger partial charge in [-0.15, -0.1) is 0 Å². The van der Waals surface area contributed by atoms with Gasteiger partial charge in [-0.1, -0.05) is 193 Å². The van der Waals surface area contributed by atoms with Crippen LogP contribution in [0.25, 0.3) is 0 Å². The van der Waals surface area contributed by atoms with Crippen molar-refractivity contribution in [3.8, 4) is 0 Å². The Morgan fingerprint density at radius 3 is 1.56 bits per heavy atom. The van der Waals surface area contributed by atoms with Crippen molar-refractivity contribution in [3.05, 3.63) is 36.6 Å². The van der Waals surface area contributed by atoms with Crippen LogP contribution in [-0.2, 0) is 4.79 Å². The van der Waals surface area contributed by atoms with Gasteiger partial charge in [0.05, 0.1) is 5.84 Å². The van der Waals surface area contributed by atoms with Gasteiger partial charge >= 0.3 is 0 Å². The van der Waals surface area contributed by atoms with Gasteiger partial charge in [-0.25, -0.2) is 0 Å². The molecule has 0 radical (unpaired) electrons. The van der Waals surface area contributed by atoms with Crippen LogP contribution in [0, 0.1) is 11.8 Å². The van der Waals surface area contributed by atoms with Crippen molar-refractivity contribution in [2.75, 3.05) is 52.3 Å². The van der Waals surface area contributed by atoms with Crippen molar-refractivity contribution in [3.63, 3.8) is 0 Å². The first-order valence-corrected chi connectivity index (χ1v) is 26.7. The zero-order valence-electron chi connectivity index (χ0n) is 40.6. The summed E-state index contributed by atoms with van der Waals surface area (Å²) in [6.07, 6.45) is 49.6. The molecule has 0 aliphatic rings. The van der Waals surface area contributed by atoms with Crippen molar-refractivity contribution in [2.24, 2.45) is 22.6 Å². The molecule has 2 atom stereocenters. The van der Waals surface area contributed by atoms with Gasteiger partial charge in [0.2, 0.25) is 0 Å². The van der Waals surface area contributed by atoms with E-state index < -0.39 is 0 Å². The number of allylic oxidation sites excluding steroid dienone is 4. The third-order valence-electron chi connectivity index (χ3n) is 12.1. The molecule has 346 valence electrons. The standard InChI is InChI=1S/C53H102N4OS/c1-8-11-14-17-20-22-23-24-25-26-27-28-29-31-34-37-44-55-53(54)43-48-59-47-42-50(49(4)57(7)46-45-56(5)6)40-41-52(58)51(38-35-32-19-16-13-10-3)39-36-33-30-21-18-15-12-9-2/h24-25,40-41,50-51H,4,8-23,26-39,42-48H2,1-3,5-7H3,(H2,54,55)/b25-24-,41-40+. The summed E-state index contributed by atoms with van der Waals surface area (Å²) >= 11 is 1.95. The second-order valence-electron chi connectivity index (χ2n) is 18.1. The zero-order valence-corrected chi connectivity index (χ0v) is 41.4. The van der Waals surface area contributed by atoms with Crippen molar-refractivity contribution < 1.29 is 4.79 Å². The highest BCUT2D eigenvalue weighted by atomic mass is 32.2. The fourth-order valence-corrected chi connectivity index (χ4v) is 8.75. The Morgan fingerprint density at radius 2 is 1.07 bits per heavy atom. The third kappa shape index (κ3) is 39.1. The Hall–Kier alpha value is -1.53. The molecule has 0 bridgehead atoms.